The lowest BCUT2D eigenvalue weighted by Crippen LogP contribution is -2.21. The third kappa shape index (κ3) is 1.52. The minimum Gasteiger partial charge on any atom is -0.296 e. The van der Waals surface area contributed by atoms with Gasteiger partial charge in [0.1, 0.15) is 0 Å². The van der Waals surface area contributed by atoms with Gasteiger partial charge in [-0.15, -0.1) is 0 Å². The lowest BCUT2D eigenvalue weighted by Gasteiger charge is -2.24. The molecule has 16 heavy (non-hydrogen) atoms. The first-order chi connectivity index (χ1) is 7.75. The average molecular weight is 221 g/mol. The molecular weight excluding hydrogens is 202 g/mol. The van der Waals surface area contributed by atoms with Crippen molar-refractivity contribution in [3.05, 3.63) is 21.6 Å². The van der Waals surface area contributed by atoms with Crippen molar-refractivity contribution in [1.29, 1.82) is 0 Å². The topological polar surface area (TPSA) is 41.0 Å². The number of rotatable bonds is 1. The fourth-order valence-corrected chi connectivity index (χ4v) is 3.09. The Morgan fingerprint density at radius 1 is 1.19 bits per heavy atom. The fraction of sp³-hybridized carbons (Fsp3) is 0.750. The van der Waals surface area contributed by atoms with E-state index in [0.29, 0.717) is 6.04 Å². The zero-order valence-corrected chi connectivity index (χ0v) is 9.83. The zero-order chi connectivity index (χ0) is 11.1. The van der Waals surface area contributed by atoms with E-state index in [-0.39, 0.29) is 5.56 Å². The number of nitrogens with zero attached hydrogens (tertiary/aromatic N) is 2. The highest BCUT2D eigenvalue weighted by molar-refractivity contribution is 5.22. The molecule has 0 aromatic carbocycles. The normalized spacial score (nSPS) is 22.6. The summed E-state index contributed by atoms with van der Waals surface area (Å²) in [6.07, 6.45) is 6.40. The van der Waals surface area contributed by atoms with Gasteiger partial charge in [-0.1, -0.05) is 19.3 Å². The molecule has 1 aromatic rings. The Balaban J connectivity index is 1.96. The molecule has 1 aliphatic carbocycles. The third-order valence-corrected chi connectivity index (χ3v) is 3.92. The van der Waals surface area contributed by atoms with Crippen LogP contribution in [0.1, 0.15) is 49.4 Å². The van der Waals surface area contributed by atoms with Crippen molar-refractivity contribution in [3.63, 3.8) is 0 Å². The first-order valence-corrected chi connectivity index (χ1v) is 6.26. The zero-order valence-electron chi connectivity index (χ0n) is 9.83. The Morgan fingerprint density at radius 3 is 2.69 bits per heavy atom. The maximum absolute atomic E-state index is 11.8. The van der Waals surface area contributed by atoms with Crippen molar-refractivity contribution in [2.24, 2.45) is 0 Å². The molecule has 4 nitrogen and oxygen atoms in total. The maximum atomic E-state index is 11.8. The van der Waals surface area contributed by atoms with Gasteiger partial charge in [-0.2, -0.15) is 0 Å². The number of nitrogens with one attached hydrogen (secondary N) is 1. The van der Waals surface area contributed by atoms with Crippen molar-refractivity contribution in [2.75, 3.05) is 7.05 Å². The first-order valence-electron chi connectivity index (χ1n) is 6.26. The molecule has 1 N–H and O–H groups in total. The van der Waals surface area contributed by atoms with Gasteiger partial charge in [0, 0.05) is 13.1 Å². The summed E-state index contributed by atoms with van der Waals surface area (Å²) in [5.74, 6) is 0. The number of hydrogen-bond donors (Lipinski definition) is 1. The van der Waals surface area contributed by atoms with Crippen LogP contribution >= 0.6 is 0 Å². The van der Waals surface area contributed by atoms with Crippen LogP contribution in [0.2, 0.25) is 0 Å². The summed E-state index contributed by atoms with van der Waals surface area (Å²) in [6, 6.07) is 0.539. The van der Waals surface area contributed by atoms with Gasteiger partial charge in [0.15, 0.2) is 0 Å². The molecule has 1 saturated carbocycles. The summed E-state index contributed by atoms with van der Waals surface area (Å²) in [5.41, 5.74) is 2.36. The predicted octanol–water partition coefficient (Wildman–Crippen LogP) is 1.63. The molecule has 3 rings (SSSR count). The van der Waals surface area contributed by atoms with Crippen LogP contribution in [-0.2, 0) is 13.1 Å². The van der Waals surface area contributed by atoms with E-state index in [2.05, 4.69) is 21.7 Å². The standard InChI is InChI=1S/C12H19N3O/c1-14-7-10-11(8-14)15(13-12(10)16)9-5-3-2-4-6-9/h9H,2-8H2,1H3,(H,13,16). The average Bonchev–Trinajstić information content (AvgIpc) is 2.80. The van der Waals surface area contributed by atoms with Crippen LogP contribution in [0.4, 0.5) is 0 Å². The van der Waals surface area contributed by atoms with E-state index in [1.807, 2.05) is 0 Å². The van der Waals surface area contributed by atoms with Crippen LogP contribution in [0.3, 0.4) is 0 Å². The van der Waals surface area contributed by atoms with Crippen molar-refractivity contribution in [1.82, 2.24) is 14.7 Å². The highest BCUT2D eigenvalue weighted by Gasteiger charge is 2.27. The molecule has 0 atom stereocenters. The summed E-state index contributed by atoms with van der Waals surface area (Å²) >= 11 is 0. The summed E-state index contributed by atoms with van der Waals surface area (Å²) in [7, 11) is 2.07. The minimum absolute atomic E-state index is 0.130. The largest absolute Gasteiger partial charge is 0.296 e. The van der Waals surface area contributed by atoms with E-state index >= 15 is 0 Å². The quantitative estimate of drug-likeness (QED) is 0.783. The lowest BCUT2D eigenvalue weighted by molar-refractivity contribution is 0.297. The Morgan fingerprint density at radius 2 is 1.94 bits per heavy atom. The van der Waals surface area contributed by atoms with Crippen LogP contribution in [0.25, 0.3) is 0 Å². The van der Waals surface area contributed by atoms with Gasteiger partial charge >= 0.3 is 0 Å². The smallest absolute Gasteiger partial charge is 0.268 e. The van der Waals surface area contributed by atoms with Gasteiger partial charge in [-0.25, -0.2) is 0 Å². The first kappa shape index (κ1) is 10.1. The number of fused-ring (bicyclic) bond motifs is 1. The Kier molecular flexibility index (Phi) is 2.39. The molecule has 88 valence electrons. The van der Waals surface area contributed by atoms with Crippen LogP contribution < -0.4 is 5.56 Å². The summed E-state index contributed by atoms with van der Waals surface area (Å²) in [5, 5.41) is 3.04. The summed E-state index contributed by atoms with van der Waals surface area (Å²) < 4.78 is 2.17. The summed E-state index contributed by atoms with van der Waals surface area (Å²) in [6.45, 7) is 1.73. The molecule has 0 amide bonds. The highest BCUT2D eigenvalue weighted by atomic mass is 16.1. The minimum atomic E-state index is 0.130. The van der Waals surface area contributed by atoms with Gasteiger partial charge in [-0.05, 0) is 19.9 Å². The fourth-order valence-electron chi connectivity index (χ4n) is 3.09. The molecule has 0 saturated heterocycles. The molecule has 1 fully saturated rings. The summed E-state index contributed by atoms with van der Waals surface area (Å²) in [4.78, 5) is 14.0. The van der Waals surface area contributed by atoms with E-state index in [9.17, 15) is 4.79 Å². The predicted molar refractivity (Wildman–Crippen MR) is 62.3 cm³/mol. The molecule has 4 heteroatoms. The molecule has 2 heterocycles. The SMILES string of the molecule is CN1Cc2c(n(C3CCCCC3)[nH]c2=O)C1. The molecule has 0 spiro atoms. The van der Waals surface area contributed by atoms with Crippen LogP contribution in [0.5, 0.6) is 0 Å². The molecule has 0 unspecified atom stereocenters. The lowest BCUT2D eigenvalue weighted by atomic mass is 9.95. The molecule has 0 bridgehead atoms. The number of aromatic nitrogens is 2. The van der Waals surface area contributed by atoms with Crippen LogP contribution in [-0.4, -0.2) is 21.7 Å². The van der Waals surface area contributed by atoms with Gasteiger partial charge in [-0.3, -0.25) is 19.5 Å². The molecule has 2 aliphatic rings. The Bertz CT molecular complexity index is 440. The second kappa shape index (κ2) is 3.77. The maximum Gasteiger partial charge on any atom is 0.268 e. The molecule has 0 radical (unpaired) electrons. The van der Waals surface area contributed by atoms with Gasteiger partial charge in [0.2, 0.25) is 0 Å². The number of H-pyrrole nitrogens is 1. The van der Waals surface area contributed by atoms with Crippen LogP contribution in [0, 0.1) is 0 Å². The van der Waals surface area contributed by atoms with E-state index in [4.69, 9.17) is 0 Å². The Hall–Kier alpha value is -1.03. The van der Waals surface area contributed by atoms with Crippen LogP contribution in [0.15, 0.2) is 4.79 Å². The second-order valence-electron chi connectivity index (χ2n) is 5.20. The molecule has 1 aromatic heterocycles. The van der Waals surface area contributed by atoms with Crippen molar-refractivity contribution >= 4 is 0 Å². The third-order valence-electron chi connectivity index (χ3n) is 3.92. The van der Waals surface area contributed by atoms with E-state index in [0.717, 1.165) is 18.7 Å². The van der Waals surface area contributed by atoms with E-state index in [1.54, 1.807) is 0 Å². The van der Waals surface area contributed by atoms with Gasteiger partial charge < -0.3 is 0 Å². The van der Waals surface area contributed by atoms with Crippen molar-refractivity contribution in [2.45, 2.75) is 51.2 Å². The second-order valence-corrected chi connectivity index (χ2v) is 5.20. The van der Waals surface area contributed by atoms with Crippen molar-refractivity contribution < 1.29 is 0 Å². The van der Waals surface area contributed by atoms with E-state index < -0.39 is 0 Å². The number of aromatic amines is 1. The number of hydrogen-bond acceptors (Lipinski definition) is 2. The van der Waals surface area contributed by atoms with Crippen molar-refractivity contribution in [3.8, 4) is 0 Å². The highest BCUT2D eigenvalue weighted by Crippen LogP contribution is 2.30. The van der Waals surface area contributed by atoms with Gasteiger partial charge in [0.05, 0.1) is 17.3 Å². The monoisotopic (exact) mass is 221 g/mol. The Labute approximate surface area is 95.2 Å². The van der Waals surface area contributed by atoms with E-state index in [1.165, 1.54) is 37.8 Å². The van der Waals surface area contributed by atoms with Gasteiger partial charge in [0.25, 0.3) is 5.56 Å². The molecule has 1 aliphatic heterocycles. The molecular formula is C12H19N3O.